The van der Waals surface area contributed by atoms with Crippen molar-refractivity contribution in [3.05, 3.63) is 118 Å². The highest BCUT2D eigenvalue weighted by molar-refractivity contribution is 6.42. The first-order valence-electron chi connectivity index (χ1n) is 12.7. The second-order valence-corrected chi connectivity index (χ2v) is 11.1. The van der Waals surface area contributed by atoms with Gasteiger partial charge in [-0.3, -0.25) is 0 Å². The molecule has 3 fully saturated rings. The molecule has 0 aliphatic carbocycles. The van der Waals surface area contributed by atoms with Crippen molar-refractivity contribution >= 4 is 23.2 Å². The summed E-state index contributed by atoms with van der Waals surface area (Å²) in [5.41, 5.74) is -0.0409. The fraction of sp³-hybridized carbons (Fsp3) is 0.300. The summed E-state index contributed by atoms with van der Waals surface area (Å²) in [4.78, 5) is 4.60. The van der Waals surface area contributed by atoms with Gasteiger partial charge in [0.25, 0.3) is 0 Å². The fourth-order valence-electron chi connectivity index (χ4n) is 5.95. The van der Waals surface area contributed by atoms with Crippen molar-refractivity contribution in [3.8, 4) is 5.75 Å². The van der Waals surface area contributed by atoms with Crippen molar-refractivity contribution in [2.45, 2.75) is 31.1 Å². The van der Waals surface area contributed by atoms with Crippen LogP contribution in [0.15, 0.2) is 89.5 Å². The third-order valence-corrected chi connectivity index (χ3v) is 8.70. The first kappa shape index (κ1) is 24.5. The lowest BCUT2D eigenvalue weighted by molar-refractivity contribution is -0.958. The number of benzene rings is 3. The summed E-state index contributed by atoms with van der Waals surface area (Å²) < 4.78 is 13.6. The lowest BCUT2D eigenvalue weighted by atomic mass is 9.83. The molecule has 7 rings (SSSR count). The molecule has 0 amide bonds. The Hall–Kier alpha value is -2.83. The molecule has 4 aromatic rings. The Morgan fingerprint density at radius 3 is 2.19 bits per heavy atom. The van der Waals surface area contributed by atoms with Gasteiger partial charge in [0.15, 0.2) is 17.5 Å². The number of aliphatic hydroxyl groups is 1. The second-order valence-electron chi connectivity index (χ2n) is 10.3. The van der Waals surface area contributed by atoms with Gasteiger partial charge < -0.3 is 18.7 Å². The van der Waals surface area contributed by atoms with Gasteiger partial charge in [-0.15, -0.1) is 0 Å². The molecule has 190 valence electrons. The molecule has 3 aromatic carbocycles. The van der Waals surface area contributed by atoms with Crippen LogP contribution < -0.4 is 4.74 Å². The quantitative estimate of drug-likeness (QED) is 0.276. The van der Waals surface area contributed by atoms with Crippen LogP contribution in [-0.4, -0.2) is 40.3 Å². The predicted molar refractivity (Wildman–Crippen MR) is 144 cm³/mol. The van der Waals surface area contributed by atoms with Crippen molar-refractivity contribution in [1.29, 1.82) is 0 Å². The average Bonchev–Trinajstić information content (AvgIpc) is 3.40. The van der Waals surface area contributed by atoms with Crippen LogP contribution in [0, 0.1) is 5.92 Å². The summed E-state index contributed by atoms with van der Waals surface area (Å²) in [6.45, 7) is 3.75. The molecule has 4 heterocycles. The highest BCUT2D eigenvalue weighted by Crippen LogP contribution is 2.40. The van der Waals surface area contributed by atoms with Crippen LogP contribution in [0.25, 0.3) is 0 Å². The Morgan fingerprint density at radius 2 is 1.57 bits per heavy atom. The van der Waals surface area contributed by atoms with Gasteiger partial charge in [-0.25, -0.2) is 4.98 Å². The minimum atomic E-state index is -1.48. The van der Waals surface area contributed by atoms with E-state index < -0.39 is 5.60 Å². The zero-order chi connectivity index (χ0) is 25.5. The highest BCUT2D eigenvalue weighted by atomic mass is 35.5. The Bertz CT molecular complexity index is 1330. The molecule has 1 atom stereocenters. The van der Waals surface area contributed by atoms with E-state index in [9.17, 15) is 5.11 Å². The van der Waals surface area contributed by atoms with Gasteiger partial charge in [0.1, 0.15) is 18.8 Å². The third kappa shape index (κ3) is 4.66. The number of quaternary nitrogens is 1. The molecule has 3 aliphatic heterocycles. The zero-order valence-corrected chi connectivity index (χ0v) is 21.9. The van der Waals surface area contributed by atoms with Gasteiger partial charge in [-0.05, 0) is 23.3 Å². The number of oxazole rings is 1. The number of piperidine rings is 3. The third-order valence-electron chi connectivity index (χ3n) is 7.96. The Kier molecular flexibility index (Phi) is 6.49. The molecule has 0 radical (unpaired) electrons. The second kappa shape index (κ2) is 9.80. The SMILES string of the molecule is OC(c1ccccc1)(c1ccccc1)c1ncc(C[N+]23CCC(CC2)[C@@H](Oc2ccc(Cl)c(Cl)c2)C3)o1. The number of hydrogen-bond acceptors (Lipinski definition) is 4. The van der Waals surface area contributed by atoms with E-state index in [1.54, 1.807) is 18.3 Å². The Balaban J connectivity index is 1.25. The van der Waals surface area contributed by atoms with E-state index >= 15 is 0 Å². The number of fused-ring (bicyclic) bond motifs is 3. The van der Waals surface area contributed by atoms with Crippen LogP contribution in [0.5, 0.6) is 5.75 Å². The average molecular weight is 536 g/mol. The molecule has 1 aromatic heterocycles. The molecule has 2 bridgehead atoms. The predicted octanol–water partition coefficient (Wildman–Crippen LogP) is 6.45. The lowest BCUT2D eigenvalue weighted by Gasteiger charge is -2.51. The van der Waals surface area contributed by atoms with Gasteiger partial charge in [0.05, 0.1) is 29.3 Å². The Labute approximate surface area is 226 Å². The molecule has 3 aliphatic rings. The summed E-state index contributed by atoms with van der Waals surface area (Å²) in [6.07, 6.45) is 4.08. The molecule has 5 nitrogen and oxygen atoms in total. The number of hydrogen-bond donors (Lipinski definition) is 1. The number of rotatable bonds is 7. The summed E-state index contributed by atoms with van der Waals surface area (Å²) in [5.74, 6) is 2.34. The normalized spacial score (nSPS) is 23.2. The maximum atomic E-state index is 12.0. The summed E-state index contributed by atoms with van der Waals surface area (Å²) in [5, 5.41) is 13.0. The lowest BCUT2D eigenvalue weighted by Crippen LogP contribution is -2.64. The van der Waals surface area contributed by atoms with Gasteiger partial charge in [-0.2, -0.15) is 0 Å². The van der Waals surface area contributed by atoms with Gasteiger partial charge in [0, 0.05) is 24.8 Å². The van der Waals surface area contributed by atoms with Crippen molar-refractivity contribution < 1.29 is 18.7 Å². The van der Waals surface area contributed by atoms with Crippen molar-refractivity contribution in [2.75, 3.05) is 19.6 Å². The molecular weight excluding hydrogens is 507 g/mol. The van der Waals surface area contributed by atoms with E-state index in [0.29, 0.717) is 22.5 Å². The van der Waals surface area contributed by atoms with Crippen molar-refractivity contribution in [1.82, 2.24) is 4.98 Å². The maximum Gasteiger partial charge on any atom is 0.236 e. The van der Waals surface area contributed by atoms with E-state index in [1.165, 1.54) is 0 Å². The van der Waals surface area contributed by atoms with Gasteiger partial charge in [-0.1, -0.05) is 83.9 Å². The standard InChI is InChI=1S/C30H29Cl2N2O3/c31-26-12-11-24(17-27(26)32)36-28-20-34(15-13-21(28)14-16-34)19-25-18-33-29(37-25)30(35,22-7-3-1-4-8-22)23-9-5-2-6-10-23/h1-12,17-18,21,28,35H,13-16,19-20H2/q+1/t21?,28-,34?/m0/s1. The molecule has 7 heteroatoms. The molecular formula is C30H29Cl2N2O3+. The fourth-order valence-corrected chi connectivity index (χ4v) is 6.24. The van der Waals surface area contributed by atoms with Crippen LogP contribution in [0.2, 0.25) is 10.0 Å². The summed E-state index contributed by atoms with van der Waals surface area (Å²) >= 11 is 12.3. The number of aromatic nitrogens is 1. The first-order valence-corrected chi connectivity index (χ1v) is 13.5. The number of halogens is 2. The van der Waals surface area contributed by atoms with Gasteiger partial charge >= 0.3 is 0 Å². The summed E-state index contributed by atoms with van der Waals surface area (Å²) in [7, 11) is 0. The monoisotopic (exact) mass is 535 g/mol. The molecule has 0 spiro atoms. The highest BCUT2D eigenvalue weighted by Gasteiger charge is 2.48. The van der Waals surface area contributed by atoms with Crippen molar-refractivity contribution in [2.24, 2.45) is 5.92 Å². The van der Waals surface area contributed by atoms with Crippen LogP contribution in [0.3, 0.4) is 0 Å². The Morgan fingerprint density at radius 1 is 0.919 bits per heavy atom. The first-order chi connectivity index (χ1) is 18.0. The number of ether oxygens (including phenoxy) is 1. The van der Waals surface area contributed by atoms with Crippen LogP contribution in [-0.2, 0) is 12.1 Å². The smallest absolute Gasteiger partial charge is 0.236 e. The maximum absolute atomic E-state index is 12.0. The van der Waals surface area contributed by atoms with Crippen LogP contribution in [0.4, 0.5) is 0 Å². The molecule has 1 N–H and O–H groups in total. The largest absolute Gasteiger partial charge is 0.484 e. The van der Waals surface area contributed by atoms with Crippen molar-refractivity contribution in [3.63, 3.8) is 0 Å². The van der Waals surface area contributed by atoms with Crippen LogP contribution >= 0.6 is 23.2 Å². The van der Waals surface area contributed by atoms with E-state index in [-0.39, 0.29) is 12.0 Å². The summed E-state index contributed by atoms with van der Waals surface area (Å²) in [6, 6.07) is 24.6. The number of nitrogens with zero attached hydrogens (tertiary/aromatic N) is 2. The molecule has 0 unspecified atom stereocenters. The van der Waals surface area contributed by atoms with E-state index in [4.69, 9.17) is 32.4 Å². The van der Waals surface area contributed by atoms with E-state index in [2.05, 4.69) is 4.98 Å². The zero-order valence-electron chi connectivity index (χ0n) is 20.4. The topological polar surface area (TPSA) is 55.5 Å². The minimum absolute atomic E-state index is 0.104. The molecule has 37 heavy (non-hydrogen) atoms. The molecule has 0 saturated carbocycles. The van der Waals surface area contributed by atoms with Crippen LogP contribution in [0.1, 0.15) is 35.6 Å². The van der Waals surface area contributed by atoms with Gasteiger partial charge in [0.2, 0.25) is 5.89 Å². The van der Waals surface area contributed by atoms with E-state index in [0.717, 1.165) is 59.6 Å². The minimum Gasteiger partial charge on any atom is -0.484 e. The molecule has 3 saturated heterocycles. The van der Waals surface area contributed by atoms with E-state index in [1.807, 2.05) is 66.7 Å².